The number of nitrogens with one attached hydrogen (secondary N) is 1. The van der Waals surface area contributed by atoms with Gasteiger partial charge in [-0.25, -0.2) is 4.39 Å². The van der Waals surface area contributed by atoms with Crippen LogP contribution in [0.5, 0.6) is 5.75 Å². The van der Waals surface area contributed by atoms with E-state index in [0.29, 0.717) is 6.61 Å². The van der Waals surface area contributed by atoms with Gasteiger partial charge in [-0.3, -0.25) is 0 Å². The van der Waals surface area contributed by atoms with Gasteiger partial charge in [-0.15, -0.1) is 0 Å². The van der Waals surface area contributed by atoms with Crippen LogP contribution in [-0.4, -0.2) is 13.2 Å². The quantitative estimate of drug-likeness (QED) is 0.861. The van der Waals surface area contributed by atoms with Crippen LogP contribution >= 0.6 is 0 Å². The van der Waals surface area contributed by atoms with E-state index in [0.717, 1.165) is 23.4 Å². The normalized spacial score (nSPS) is 12.2. The van der Waals surface area contributed by atoms with E-state index in [4.69, 9.17) is 4.74 Å². The third-order valence-corrected chi connectivity index (χ3v) is 3.09. The molecule has 0 fully saturated rings. The lowest BCUT2D eigenvalue weighted by molar-refractivity contribution is 0.339. The van der Waals surface area contributed by atoms with Crippen molar-refractivity contribution in [2.45, 2.75) is 19.9 Å². The molecule has 106 valence electrons. The van der Waals surface area contributed by atoms with Gasteiger partial charge in [0.05, 0.1) is 12.6 Å². The number of halogens is 1. The minimum Gasteiger partial charge on any atom is -0.494 e. The predicted octanol–water partition coefficient (Wildman–Crippen LogP) is 3.92. The molecule has 0 aliphatic carbocycles. The van der Waals surface area contributed by atoms with Crippen molar-refractivity contribution in [3.8, 4) is 5.75 Å². The third-order valence-electron chi connectivity index (χ3n) is 3.09. The second-order valence-electron chi connectivity index (χ2n) is 4.55. The van der Waals surface area contributed by atoms with Crippen LogP contribution in [0.25, 0.3) is 0 Å². The minimum absolute atomic E-state index is 0.0314. The summed E-state index contributed by atoms with van der Waals surface area (Å²) in [4.78, 5) is 0. The van der Waals surface area contributed by atoms with E-state index in [9.17, 15) is 4.39 Å². The van der Waals surface area contributed by atoms with E-state index in [-0.39, 0.29) is 11.9 Å². The third kappa shape index (κ3) is 3.58. The van der Waals surface area contributed by atoms with Crippen LogP contribution in [0.3, 0.4) is 0 Å². The van der Waals surface area contributed by atoms with Gasteiger partial charge in [0.15, 0.2) is 0 Å². The molecule has 3 heteroatoms. The van der Waals surface area contributed by atoms with Gasteiger partial charge in [-0.2, -0.15) is 0 Å². The Kier molecular flexibility index (Phi) is 5.13. The molecule has 0 heterocycles. The van der Waals surface area contributed by atoms with E-state index in [1.807, 2.05) is 44.2 Å². The first-order valence-corrected chi connectivity index (χ1v) is 6.96. The molecule has 0 aliphatic rings. The first kappa shape index (κ1) is 14.5. The fourth-order valence-corrected chi connectivity index (χ4v) is 2.27. The molecular weight excluding hydrogens is 253 g/mol. The second kappa shape index (κ2) is 7.06. The molecule has 0 saturated carbocycles. The van der Waals surface area contributed by atoms with E-state index in [2.05, 4.69) is 5.32 Å². The van der Waals surface area contributed by atoms with Crippen molar-refractivity contribution in [3.63, 3.8) is 0 Å². The van der Waals surface area contributed by atoms with Gasteiger partial charge >= 0.3 is 0 Å². The average molecular weight is 273 g/mol. The zero-order chi connectivity index (χ0) is 14.4. The maximum absolute atomic E-state index is 13.4. The Balaban J connectivity index is 2.35. The van der Waals surface area contributed by atoms with Crippen LogP contribution in [-0.2, 0) is 0 Å². The average Bonchev–Trinajstić information content (AvgIpc) is 2.45. The number of ether oxygens (including phenoxy) is 1. The molecule has 20 heavy (non-hydrogen) atoms. The van der Waals surface area contributed by atoms with Gasteiger partial charge in [-0.1, -0.05) is 31.2 Å². The summed E-state index contributed by atoms with van der Waals surface area (Å²) >= 11 is 0. The predicted molar refractivity (Wildman–Crippen MR) is 79.5 cm³/mol. The second-order valence-corrected chi connectivity index (χ2v) is 4.55. The Hall–Kier alpha value is -1.87. The van der Waals surface area contributed by atoms with Gasteiger partial charge in [0.1, 0.15) is 11.6 Å². The molecule has 2 aromatic rings. The van der Waals surface area contributed by atoms with Gasteiger partial charge < -0.3 is 10.1 Å². The first-order valence-electron chi connectivity index (χ1n) is 6.96. The van der Waals surface area contributed by atoms with Crippen molar-refractivity contribution in [2.75, 3.05) is 13.2 Å². The Labute approximate surface area is 119 Å². The number of hydrogen-bond acceptors (Lipinski definition) is 2. The summed E-state index contributed by atoms with van der Waals surface area (Å²) in [6, 6.07) is 14.6. The SMILES string of the molecule is CCNC(c1cccc(F)c1)c1cccc(OCC)c1. The van der Waals surface area contributed by atoms with E-state index < -0.39 is 0 Å². The molecule has 0 spiro atoms. The Bertz CT molecular complexity index is 556. The van der Waals surface area contributed by atoms with Gasteiger partial charge in [0.25, 0.3) is 0 Å². The Morgan fingerprint density at radius 2 is 1.75 bits per heavy atom. The highest BCUT2D eigenvalue weighted by Gasteiger charge is 2.14. The molecule has 0 aromatic heterocycles. The first-order chi connectivity index (χ1) is 9.74. The van der Waals surface area contributed by atoms with Crippen molar-refractivity contribution in [2.24, 2.45) is 0 Å². The molecule has 2 nitrogen and oxygen atoms in total. The van der Waals surface area contributed by atoms with E-state index >= 15 is 0 Å². The highest BCUT2D eigenvalue weighted by Crippen LogP contribution is 2.25. The summed E-state index contributed by atoms with van der Waals surface area (Å²) in [5, 5.41) is 3.39. The lowest BCUT2D eigenvalue weighted by Crippen LogP contribution is -2.22. The van der Waals surface area contributed by atoms with Gasteiger partial charge in [-0.05, 0) is 48.9 Å². The smallest absolute Gasteiger partial charge is 0.123 e. The number of rotatable bonds is 6. The molecular formula is C17H20FNO. The van der Waals surface area contributed by atoms with Crippen molar-refractivity contribution < 1.29 is 9.13 Å². The van der Waals surface area contributed by atoms with Crippen LogP contribution in [0.2, 0.25) is 0 Å². The summed E-state index contributed by atoms with van der Waals surface area (Å²) in [5.41, 5.74) is 1.99. The van der Waals surface area contributed by atoms with Crippen molar-refractivity contribution in [1.29, 1.82) is 0 Å². The van der Waals surface area contributed by atoms with Gasteiger partial charge in [0, 0.05) is 0 Å². The van der Waals surface area contributed by atoms with E-state index in [1.54, 1.807) is 12.1 Å². The molecule has 0 aliphatic heterocycles. The summed E-state index contributed by atoms with van der Waals surface area (Å²) in [5.74, 6) is 0.621. The van der Waals surface area contributed by atoms with Crippen LogP contribution in [0, 0.1) is 5.82 Å². The highest BCUT2D eigenvalue weighted by molar-refractivity contribution is 5.36. The molecule has 2 rings (SSSR count). The lowest BCUT2D eigenvalue weighted by atomic mass is 9.98. The number of benzene rings is 2. The summed E-state index contributed by atoms with van der Waals surface area (Å²) < 4.78 is 19.0. The van der Waals surface area contributed by atoms with Crippen LogP contribution in [0.1, 0.15) is 31.0 Å². The fourth-order valence-electron chi connectivity index (χ4n) is 2.27. The summed E-state index contributed by atoms with van der Waals surface area (Å²) in [6.07, 6.45) is 0. The van der Waals surface area contributed by atoms with Crippen molar-refractivity contribution >= 4 is 0 Å². The molecule has 1 N–H and O–H groups in total. The molecule has 0 radical (unpaired) electrons. The monoisotopic (exact) mass is 273 g/mol. The zero-order valence-electron chi connectivity index (χ0n) is 11.9. The Morgan fingerprint density at radius 1 is 1.05 bits per heavy atom. The van der Waals surface area contributed by atoms with Gasteiger partial charge in [0.2, 0.25) is 0 Å². The van der Waals surface area contributed by atoms with Crippen molar-refractivity contribution in [1.82, 2.24) is 5.32 Å². The fraction of sp³-hybridized carbons (Fsp3) is 0.294. The largest absolute Gasteiger partial charge is 0.494 e. The molecule has 2 aromatic carbocycles. The summed E-state index contributed by atoms with van der Waals surface area (Å²) in [7, 11) is 0. The van der Waals surface area contributed by atoms with Crippen LogP contribution in [0.15, 0.2) is 48.5 Å². The zero-order valence-corrected chi connectivity index (χ0v) is 11.9. The standard InChI is InChI=1S/C17H20FNO/c1-3-19-17(13-7-5-9-15(18)11-13)14-8-6-10-16(12-14)20-4-2/h5-12,17,19H,3-4H2,1-2H3. The Morgan fingerprint density at radius 3 is 2.40 bits per heavy atom. The number of hydrogen-bond donors (Lipinski definition) is 1. The van der Waals surface area contributed by atoms with E-state index in [1.165, 1.54) is 6.07 Å². The molecule has 1 atom stereocenters. The summed E-state index contributed by atoms with van der Waals surface area (Å²) in [6.45, 7) is 5.44. The highest BCUT2D eigenvalue weighted by atomic mass is 19.1. The maximum Gasteiger partial charge on any atom is 0.123 e. The molecule has 0 saturated heterocycles. The molecule has 0 amide bonds. The van der Waals surface area contributed by atoms with Crippen LogP contribution < -0.4 is 10.1 Å². The maximum atomic E-state index is 13.4. The van der Waals surface area contributed by atoms with Crippen LogP contribution in [0.4, 0.5) is 4.39 Å². The topological polar surface area (TPSA) is 21.3 Å². The van der Waals surface area contributed by atoms with Crippen molar-refractivity contribution in [3.05, 3.63) is 65.5 Å². The lowest BCUT2D eigenvalue weighted by Gasteiger charge is -2.19. The molecule has 1 unspecified atom stereocenters. The molecule has 0 bridgehead atoms. The minimum atomic E-state index is -0.216.